The molecule has 2 aromatic carbocycles. The van der Waals surface area contributed by atoms with E-state index in [1.807, 2.05) is 6.07 Å². The first-order valence-corrected chi connectivity index (χ1v) is 7.15. The summed E-state index contributed by atoms with van der Waals surface area (Å²) in [6.45, 7) is 0.235. The van der Waals surface area contributed by atoms with Gasteiger partial charge in [-0.3, -0.25) is 0 Å². The summed E-state index contributed by atoms with van der Waals surface area (Å²) in [7, 11) is 4.13. The van der Waals surface area contributed by atoms with Crippen molar-refractivity contribution in [3.63, 3.8) is 0 Å². The van der Waals surface area contributed by atoms with Gasteiger partial charge < -0.3 is 18.9 Å². The average Bonchev–Trinajstić information content (AvgIpc) is 2.65. The fourth-order valence-corrected chi connectivity index (χ4v) is 2.10. The van der Waals surface area contributed by atoms with Gasteiger partial charge in [0.1, 0.15) is 6.61 Å². The van der Waals surface area contributed by atoms with Gasteiger partial charge in [-0.1, -0.05) is 12.1 Å². The minimum atomic E-state index is -0.453. The van der Waals surface area contributed by atoms with Crippen LogP contribution in [0.5, 0.6) is 11.5 Å². The van der Waals surface area contributed by atoms with Gasteiger partial charge in [0.15, 0.2) is 11.5 Å². The van der Waals surface area contributed by atoms with Crippen LogP contribution in [-0.2, 0) is 16.1 Å². The molecule has 0 radical (unpaired) electrons. The summed E-state index contributed by atoms with van der Waals surface area (Å²) in [5.41, 5.74) is 1.62. The topological polar surface area (TPSA) is 71.1 Å². The van der Waals surface area contributed by atoms with Crippen molar-refractivity contribution in [1.29, 1.82) is 0 Å². The van der Waals surface area contributed by atoms with E-state index in [0.29, 0.717) is 22.6 Å². The third-order valence-electron chi connectivity index (χ3n) is 3.33. The maximum atomic E-state index is 11.5. The molecule has 0 aliphatic heterocycles. The second-order valence-electron chi connectivity index (χ2n) is 4.84. The normalized spacial score (nSPS) is 9.96. The molecule has 0 unspecified atom stereocenters. The Kier molecular flexibility index (Phi) is 5.78. The minimum absolute atomic E-state index is 0.235. The molecule has 0 saturated carbocycles. The van der Waals surface area contributed by atoms with Gasteiger partial charge in [-0.2, -0.15) is 0 Å². The third-order valence-corrected chi connectivity index (χ3v) is 3.33. The van der Waals surface area contributed by atoms with Gasteiger partial charge in [-0.05, 0) is 35.9 Å². The molecule has 126 valence electrons. The first-order chi connectivity index (χ1) is 11.6. The lowest BCUT2D eigenvalue weighted by Crippen LogP contribution is -2.04. The van der Waals surface area contributed by atoms with Gasteiger partial charge in [-0.25, -0.2) is 9.59 Å². The summed E-state index contributed by atoms with van der Waals surface area (Å²) >= 11 is 0. The molecule has 0 aromatic heterocycles. The Morgan fingerprint density at radius 1 is 0.833 bits per heavy atom. The maximum Gasteiger partial charge on any atom is 0.337 e. The van der Waals surface area contributed by atoms with E-state index in [1.165, 1.54) is 21.3 Å². The summed E-state index contributed by atoms with van der Waals surface area (Å²) in [4.78, 5) is 23.1. The van der Waals surface area contributed by atoms with Gasteiger partial charge in [-0.15, -0.1) is 0 Å². The number of benzene rings is 2. The quantitative estimate of drug-likeness (QED) is 0.759. The van der Waals surface area contributed by atoms with Crippen LogP contribution in [0.4, 0.5) is 0 Å². The van der Waals surface area contributed by atoms with E-state index in [-0.39, 0.29) is 6.61 Å². The number of carbonyl (C=O) groups excluding carboxylic acids is 2. The Morgan fingerprint density at radius 2 is 1.50 bits per heavy atom. The van der Waals surface area contributed by atoms with E-state index in [0.717, 1.165) is 5.56 Å². The highest BCUT2D eigenvalue weighted by Crippen LogP contribution is 2.29. The van der Waals surface area contributed by atoms with Crippen molar-refractivity contribution in [3.05, 3.63) is 59.2 Å². The van der Waals surface area contributed by atoms with Gasteiger partial charge in [0.2, 0.25) is 0 Å². The summed E-state index contributed by atoms with van der Waals surface area (Å²) in [6, 6.07) is 11.7. The van der Waals surface area contributed by atoms with Crippen molar-refractivity contribution in [2.45, 2.75) is 6.61 Å². The Balaban J connectivity index is 2.14. The molecule has 24 heavy (non-hydrogen) atoms. The highest BCUT2D eigenvalue weighted by molar-refractivity contribution is 5.90. The number of hydrogen-bond acceptors (Lipinski definition) is 6. The van der Waals surface area contributed by atoms with Crippen molar-refractivity contribution in [1.82, 2.24) is 0 Å². The van der Waals surface area contributed by atoms with Crippen LogP contribution < -0.4 is 9.47 Å². The highest BCUT2D eigenvalue weighted by atomic mass is 16.5. The maximum absolute atomic E-state index is 11.5. The van der Waals surface area contributed by atoms with Crippen LogP contribution in [0.2, 0.25) is 0 Å². The van der Waals surface area contributed by atoms with Crippen LogP contribution in [0, 0.1) is 0 Å². The number of ether oxygens (including phenoxy) is 4. The molecular weight excluding hydrogens is 312 g/mol. The molecule has 0 atom stereocenters. The van der Waals surface area contributed by atoms with Crippen LogP contribution in [0.15, 0.2) is 42.5 Å². The molecule has 0 aliphatic rings. The number of rotatable bonds is 6. The Hall–Kier alpha value is -3.02. The SMILES string of the molecule is COC(=O)c1cccc(COc2ccc(C(=O)OC)cc2OC)c1. The van der Waals surface area contributed by atoms with Crippen molar-refractivity contribution in [2.75, 3.05) is 21.3 Å². The molecule has 0 amide bonds. The molecule has 0 aliphatic carbocycles. The van der Waals surface area contributed by atoms with Crippen LogP contribution in [0.1, 0.15) is 26.3 Å². The van der Waals surface area contributed by atoms with Crippen LogP contribution in [0.3, 0.4) is 0 Å². The number of methoxy groups -OCH3 is 3. The second-order valence-corrected chi connectivity index (χ2v) is 4.84. The Labute approximate surface area is 139 Å². The fourth-order valence-electron chi connectivity index (χ4n) is 2.10. The fraction of sp³-hybridized carbons (Fsp3) is 0.222. The molecule has 6 heteroatoms. The number of esters is 2. The van der Waals surface area contributed by atoms with Crippen molar-refractivity contribution < 1.29 is 28.5 Å². The van der Waals surface area contributed by atoms with E-state index >= 15 is 0 Å². The molecule has 6 nitrogen and oxygen atoms in total. The first-order valence-electron chi connectivity index (χ1n) is 7.15. The molecule has 0 N–H and O–H groups in total. The smallest absolute Gasteiger partial charge is 0.337 e. The zero-order valence-corrected chi connectivity index (χ0v) is 13.7. The largest absolute Gasteiger partial charge is 0.493 e. The molecule has 0 heterocycles. The monoisotopic (exact) mass is 330 g/mol. The van der Waals surface area contributed by atoms with E-state index in [4.69, 9.17) is 14.2 Å². The van der Waals surface area contributed by atoms with E-state index in [1.54, 1.807) is 36.4 Å². The lowest BCUT2D eigenvalue weighted by atomic mass is 10.1. The van der Waals surface area contributed by atoms with Crippen molar-refractivity contribution in [2.24, 2.45) is 0 Å². The predicted octanol–water partition coefficient (Wildman–Crippen LogP) is 2.85. The summed E-state index contributed by atoms with van der Waals surface area (Å²) < 4.78 is 20.3. The number of carbonyl (C=O) groups is 2. The van der Waals surface area contributed by atoms with Crippen molar-refractivity contribution in [3.8, 4) is 11.5 Å². The molecule has 2 aromatic rings. The molecule has 0 bridgehead atoms. The Morgan fingerprint density at radius 3 is 2.12 bits per heavy atom. The van der Waals surface area contributed by atoms with Crippen LogP contribution in [-0.4, -0.2) is 33.3 Å². The lowest BCUT2D eigenvalue weighted by molar-refractivity contribution is 0.0591. The van der Waals surface area contributed by atoms with E-state index < -0.39 is 11.9 Å². The van der Waals surface area contributed by atoms with E-state index in [9.17, 15) is 9.59 Å². The van der Waals surface area contributed by atoms with Gasteiger partial charge in [0, 0.05) is 0 Å². The second kappa shape index (κ2) is 8.01. The lowest BCUT2D eigenvalue weighted by Gasteiger charge is -2.12. The standard InChI is InChI=1S/C18H18O6/c1-21-16-10-14(18(20)23-3)7-8-15(16)24-11-12-5-4-6-13(9-12)17(19)22-2/h4-10H,11H2,1-3H3. The van der Waals surface area contributed by atoms with Crippen LogP contribution >= 0.6 is 0 Å². The summed E-state index contributed by atoms with van der Waals surface area (Å²) in [5.74, 6) is 0.0399. The van der Waals surface area contributed by atoms with Gasteiger partial charge in [0.05, 0.1) is 32.5 Å². The zero-order chi connectivity index (χ0) is 17.5. The summed E-state index contributed by atoms with van der Waals surface area (Å²) in [5, 5.41) is 0. The van der Waals surface area contributed by atoms with Gasteiger partial charge in [0.25, 0.3) is 0 Å². The van der Waals surface area contributed by atoms with Crippen LogP contribution in [0.25, 0.3) is 0 Å². The third kappa shape index (κ3) is 4.04. The first kappa shape index (κ1) is 17.3. The molecule has 0 saturated heterocycles. The molecule has 0 spiro atoms. The molecular formula is C18H18O6. The molecule has 2 rings (SSSR count). The van der Waals surface area contributed by atoms with E-state index in [2.05, 4.69) is 4.74 Å². The number of hydrogen-bond donors (Lipinski definition) is 0. The van der Waals surface area contributed by atoms with Gasteiger partial charge >= 0.3 is 11.9 Å². The Bertz CT molecular complexity index is 738. The average molecular weight is 330 g/mol. The summed E-state index contributed by atoms with van der Waals surface area (Å²) in [6.07, 6.45) is 0. The predicted molar refractivity (Wildman–Crippen MR) is 86.4 cm³/mol. The zero-order valence-electron chi connectivity index (χ0n) is 13.7. The molecule has 0 fully saturated rings. The van der Waals surface area contributed by atoms with Crippen molar-refractivity contribution >= 4 is 11.9 Å². The minimum Gasteiger partial charge on any atom is -0.493 e. The highest BCUT2D eigenvalue weighted by Gasteiger charge is 2.12.